The number of carbonyl (C=O) groups excluding carboxylic acids is 1. The quantitative estimate of drug-likeness (QED) is 0.741. The number of hydrogen-bond acceptors (Lipinski definition) is 3. The zero-order valence-electron chi connectivity index (χ0n) is 13.8. The summed E-state index contributed by atoms with van der Waals surface area (Å²) in [5, 5.41) is 0. The number of piperazine rings is 1. The fourth-order valence-electron chi connectivity index (χ4n) is 2.76. The summed E-state index contributed by atoms with van der Waals surface area (Å²) in [4.78, 5) is 12.9. The third kappa shape index (κ3) is 3.81. The van der Waals surface area contributed by atoms with Crippen LogP contribution in [0.1, 0.15) is 10.4 Å². The highest BCUT2D eigenvalue weighted by molar-refractivity contribution is 7.89. The highest BCUT2D eigenvalue weighted by Crippen LogP contribution is 2.22. The molecule has 1 saturated heterocycles. The first-order chi connectivity index (χ1) is 12.7. The first-order valence-electron chi connectivity index (χ1n) is 7.89. The predicted molar refractivity (Wildman–Crippen MR) is 87.4 cm³/mol. The van der Waals surface area contributed by atoms with Crippen LogP contribution in [0.5, 0.6) is 0 Å². The van der Waals surface area contributed by atoms with Crippen molar-refractivity contribution in [3.05, 3.63) is 65.2 Å². The first kappa shape index (κ1) is 19.3. The van der Waals surface area contributed by atoms with Gasteiger partial charge in [-0.1, -0.05) is 0 Å². The zero-order chi connectivity index (χ0) is 19.8. The molecule has 1 aliphatic heterocycles. The molecule has 0 spiro atoms. The molecule has 1 heterocycles. The Labute approximate surface area is 152 Å². The number of hydrogen-bond donors (Lipinski definition) is 0. The monoisotopic (exact) mass is 402 g/mol. The average molecular weight is 402 g/mol. The Morgan fingerprint density at radius 1 is 0.815 bits per heavy atom. The van der Waals surface area contributed by atoms with Crippen LogP contribution in [0.4, 0.5) is 17.6 Å². The Kier molecular flexibility index (Phi) is 5.20. The Bertz CT molecular complexity index is 990. The summed E-state index contributed by atoms with van der Waals surface area (Å²) in [5.74, 6) is -4.79. The molecule has 0 unspecified atom stereocenters. The van der Waals surface area contributed by atoms with Gasteiger partial charge in [-0.05, 0) is 36.4 Å². The predicted octanol–water partition coefficient (Wildman–Crippen LogP) is 2.39. The van der Waals surface area contributed by atoms with Crippen LogP contribution in [0.3, 0.4) is 0 Å². The lowest BCUT2D eigenvalue weighted by Crippen LogP contribution is -2.50. The standard InChI is InChI=1S/C17H14F4N2O3S/c18-12-2-4-14(20)16(10-12)27(25,26)23-7-5-22(6-8-23)17(24)11-1-3-13(19)15(21)9-11/h1-4,9-10H,5-8H2. The van der Waals surface area contributed by atoms with Crippen molar-refractivity contribution in [2.45, 2.75) is 4.90 Å². The molecule has 2 aromatic carbocycles. The number of nitrogens with zero attached hydrogens (tertiary/aromatic N) is 2. The van der Waals surface area contributed by atoms with Crippen LogP contribution in [-0.4, -0.2) is 49.7 Å². The molecule has 0 aliphatic carbocycles. The van der Waals surface area contributed by atoms with E-state index in [-0.39, 0.29) is 31.7 Å². The summed E-state index contributed by atoms with van der Waals surface area (Å²) in [6.45, 7) is -0.358. The molecule has 144 valence electrons. The minimum absolute atomic E-state index is 0.0337. The van der Waals surface area contributed by atoms with Gasteiger partial charge in [0.2, 0.25) is 10.0 Å². The third-order valence-corrected chi connectivity index (χ3v) is 6.12. The maximum Gasteiger partial charge on any atom is 0.254 e. The lowest BCUT2D eigenvalue weighted by atomic mass is 10.1. The van der Waals surface area contributed by atoms with Gasteiger partial charge >= 0.3 is 0 Å². The molecule has 1 fully saturated rings. The second-order valence-electron chi connectivity index (χ2n) is 5.90. The van der Waals surface area contributed by atoms with E-state index >= 15 is 0 Å². The van der Waals surface area contributed by atoms with Crippen LogP contribution < -0.4 is 0 Å². The molecule has 5 nitrogen and oxygen atoms in total. The van der Waals surface area contributed by atoms with Crippen molar-refractivity contribution in [2.24, 2.45) is 0 Å². The van der Waals surface area contributed by atoms with Crippen LogP contribution in [0.25, 0.3) is 0 Å². The fraction of sp³-hybridized carbons (Fsp3) is 0.235. The molecule has 0 N–H and O–H groups in total. The lowest BCUT2D eigenvalue weighted by Gasteiger charge is -2.34. The van der Waals surface area contributed by atoms with E-state index in [9.17, 15) is 30.8 Å². The van der Waals surface area contributed by atoms with E-state index in [1.54, 1.807) is 0 Å². The smallest absolute Gasteiger partial charge is 0.254 e. The van der Waals surface area contributed by atoms with Gasteiger partial charge in [-0.25, -0.2) is 26.0 Å². The highest BCUT2D eigenvalue weighted by Gasteiger charge is 2.32. The Hall–Kier alpha value is -2.46. The van der Waals surface area contributed by atoms with Gasteiger partial charge in [0.15, 0.2) is 11.6 Å². The molecule has 10 heteroatoms. The van der Waals surface area contributed by atoms with Crippen LogP contribution >= 0.6 is 0 Å². The SMILES string of the molecule is O=C(c1ccc(F)c(F)c1)N1CCN(S(=O)(=O)c2cc(F)ccc2F)CC1. The summed E-state index contributed by atoms with van der Waals surface area (Å²) in [6, 6.07) is 4.87. The van der Waals surface area contributed by atoms with E-state index in [2.05, 4.69) is 0 Å². The lowest BCUT2D eigenvalue weighted by molar-refractivity contribution is 0.0697. The summed E-state index contributed by atoms with van der Waals surface area (Å²) in [6.07, 6.45) is 0. The molecule has 0 atom stereocenters. The van der Waals surface area contributed by atoms with Crippen molar-refractivity contribution >= 4 is 15.9 Å². The highest BCUT2D eigenvalue weighted by atomic mass is 32.2. The number of benzene rings is 2. The number of sulfonamides is 1. The summed E-state index contributed by atoms with van der Waals surface area (Å²) < 4.78 is 79.3. The normalized spacial score (nSPS) is 15.8. The fourth-order valence-corrected chi connectivity index (χ4v) is 4.26. The number of halogens is 4. The minimum Gasteiger partial charge on any atom is -0.336 e. The van der Waals surface area contributed by atoms with Gasteiger partial charge < -0.3 is 4.90 Å². The van der Waals surface area contributed by atoms with Crippen LogP contribution in [0.15, 0.2) is 41.3 Å². The van der Waals surface area contributed by atoms with E-state index in [0.29, 0.717) is 6.07 Å². The van der Waals surface area contributed by atoms with E-state index < -0.39 is 44.1 Å². The molecule has 3 rings (SSSR count). The van der Waals surface area contributed by atoms with Crippen molar-refractivity contribution < 1.29 is 30.8 Å². The number of rotatable bonds is 3. The van der Waals surface area contributed by atoms with Crippen molar-refractivity contribution in [3.8, 4) is 0 Å². The van der Waals surface area contributed by atoms with Crippen molar-refractivity contribution in [1.82, 2.24) is 9.21 Å². The number of amides is 1. The van der Waals surface area contributed by atoms with Crippen LogP contribution in [-0.2, 0) is 10.0 Å². The summed E-state index contributed by atoms with van der Waals surface area (Å²) >= 11 is 0. The van der Waals surface area contributed by atoms with Gasteiger partial charge in [-0.3, -0.25) is 4.79 Å². The van der Waals surface area contributed by atoms with Crippen molar-refractivity contribution in [2.75, 3.05) is 26.2 Å². The Balaban J connectivity index is 1.73. The molecule has 1 amide bonds. The first-order valence-corrected chi connectivity index (χ1v) is 9.33. The maximum absolute atomic E-state index is 13.8. The topological polar surface area (TPSA) is 57.7 Å². The van der Waals surface area contributed by atoms with Gasteiger partial charge in [0.05, 0.1) is 0 Å². The van der Waals surface area contributed by atoms with E-state index in [1.165, 1.54) is 4.90 Å². The molecule has 0 saturated carbocycles. The van der Waals surface area contributed by atoms with Gasteiger partial charge in [0.25, 0.3) is 5.91 Å². The second-order valence-corrected chi connectivity index (χ2v) is 7.81. The van der Waals surface area contributed by atoms with Crippen molar-refractivity contribution in [3.63, 3.8) is 0 Å². The second kappa shape index (κ2) is 7.28. The molecular formula is C17H14F4N2O3S. The van der Waals surface area contributed by atoms with Gasteiger partial charge in [-0.15, -0.1) is 0 Å². The molecule has 27 heavy (non-hydrogen) atoms. The molecule has 0 radical (unpaired) electrons. The maximum atomic E-state index is 13.8. The van der Waals surface area contributed by atoms with E-state index in [1.807, 2.05) is 0 Å². The van der Waals surface area contributed by atoms with Gasteiger partial charge in [0, 0.05) is 31.7 Å². The molecule has 0 aromatic heterocycles. The van der Waals surface area contributed by atoms with E-state index in [0.717, 1.165) is 34.6 Å². The molecule has 2 aromatic rings. The van der Waals surface area contributed by atoms with Crippen LogP contribution in [0, 0.1) is 23.3 Å². The summed E-state index contributed by atoms with van der Waals surface area (Å²) in [5.41, 5.74) is -0.0682. The van der Waals surface area contributed by atoms with Gasteiger partial charge in [-0.2, -0.15) is 4.31 Å². The van der Waals surface area contributed by atoms with Crippen LogP contribution in [0.2, 0.25) is 0 Å². The van der Waals surface area contributed by atoms with Crippen molar-refractivity contribution in [1.29, 1.82) is 0 Å². The molecule has 0 bridgehead atoms. The van der Waals surface area contributed by atoms with E-state index in [4.69, 9.17) is 0 Å². The minimum atomic E-state index is -4.27. The molecular weight excluding hydrogens is 388 g/mol. The van der Waals surface area contributed by atoms with Gasteiger partial charge in [0.1, 0.15) is 16.5 Å². The number of carbonyl (C=O) groups is 1. The average Bonchev–Trinajstić information content (AvgIpc) is 2.65. The zero-order valence-corrected chi connectivity index (χ0v) is 14.6. The Morgan fingerprint density at radius 3 is 2.07 bits per heavy atom. The third-order valence-electron chi connectivity index (χ3n) is 4.20. The summed E-state index contributed by atoms with van der Waals surface area (Å²) in [7, 11) is -4.27. The largest absolute Gasteiger partial charge is 0.336 e. The molecule has 1 aliphatic rings. The Morgan fingerprint density at radius 2 is 1.44 bits per heavy atom.